The van der Waals surface area contributed by atoms with Crippen LogP contribution < -0.4 is 10.2 Å². The third-order valence-electron chi connectivity index (χ3n) is 7.80. The van der Waals surface area contributed by atoms with Crippen molar-refractivity contribution in [1.29, 1.82) is 5.41 Å². The van der Waals surface area contributed by atoms with Crippen molar-refractivity contribution < 1.29 is 4.43 Å². The molecule has 6 nitrogen and oxygen atoms in total. The fourth-order valence-electron chi connectivity index (χ4n) is 4.35. The van der Waals surface area contributed by atoms with Gasteiger partial charge in [-0.15, -0.1) is 0 Å². The molecule has 0 radical (unpaired) electrons. The van der Waals surface area contributed by atoms with Gasteiger partial charge < -0.3 is 20.1 Å². The highest BCUT2D eigenvalue weighted by molar-refractivity contribution is 6.74. The summed E-state index contributed by atoms with van der Waals surface area (Å²) in [5.74, 6) is 0. The lowest BCUT2D eigenvalue weighted by Crippen LogP contribution is -2.41. The minimum atomic E-state index is -1.71. The molecule has 2 aromatic carbocycles. The first-order chi connectivity index (χ1) is 17.7. The normalized spacial score (nSPS) is 15.7. The highest BCUT2D eigenvalue weighted by Gasteiger charge is 2.36. The minimum absolute atomic E-state index is 0.241. The van der Waals surface area contributed by atoms with E-state index in [9.17, 15) is 0 Å². The number of anilines is 1. The number of nitrogens with one attached hydrogen (secondary N) is 2. The van der Waals surface area contributed by atoms with Crippen molar-refractivity contribution >= 4 is 36.8 Å². The van der Waals surface area contributed by atoms with E-state index in [1.807, 2.05) is 30.5 Å². The first kappa shape index (κ1) is 27.0. The SMILES string of the molecule is CC(C)(C)[Si](C)(C)OCCc1cccc(N2CCC(N/C=C(\C=N)c3cnc4ccccc4n3)CC2)c1. The lowest BCUT2D eigenvalue weighted by Gasteiger charge is -2.36. The third kappa shape index (κ3) is 6.84. The van der Waals surface area contributed by atoms with E-state index in [1.54, 1.807) is 6.20 Å². The molecule has 2 N–H and O–H groups in total. The smallest absolute Gasteiger partial charge is 0.191 e. The monoisotopic (exact) mass is 515 g/mol. The van der Waals surface area contributed by atoms with Gasteiger partial charge in [-0.1, -0.05) is 45.0 Å². The molecule has 1 aliphatic heterocycles. The standard InChI is InChI=1S/C30H41N5OSi/c1-30(2,3)37(4,5)36-18-15-23-9-8-10-26(19-23)35-16-13-25(14-17-35)32-21-24(20-31)29-22-33-27-11-6-7-12-28(27)34-29/h6-12,19-22,25,31-32H,13-18H2,1-5H3/b24-21+,31-20?. The molecule has 1 aromatic heterocycles. The summed E-state index contributed by atoms with van der Waals surface area (Å²) in [7, 11) is -1.71. The number of hydrogen-bond donors (Lipinski definition) is 2. The molecule has 1 fully saturated rings. The van der Waals surface area contributed by atoms with Gasteiger partial charge in [-0.3, -0.25) is 4.98 Å². The van der Waals surface area contributed by atoms with Gasteiger partial charge in [0.1, 0.15) is 0 Å². The maximum Gasteiger partial charge on any atom is 0.191 e. The molecule has 0 unspecified atom stereocenters. The summed E-state index contributed by atoms with van der Waals surface area (Å²) >= 11 is 0. The van der Waals surface area contributed by atoms with Crippen molar-refractivity contribution in [1.82, 2.24) is 15.3 Å². The summed E-state index contributed by atoms with van der Waals surface area (Å²) in [4.78, 5) is 11.6. The third-order valence-corrected chi connectivity index (χ3v) is 12.3. The number of para-hydroxylation sites is 2. The van der Waals surface area contributed by atoms with Gasteiger partial charge in [0.2, 0.25) is 0 Å². The summed E-state index contributed by atoms with van der Waals surface area (Å²) in [6.45, 7) is 14.3. The predicted octanol–water partition coefficient (Wildman–Crippen LogP) is 6.44. The zero-order chi connectivity index (χ0) is 26.5. The van der Waals surface area contributed by atoms with E-state index in [0.29, 0.717) is 11.7 Å². The Bertz CT molecular complexity index is 1240. The van der Waals surface area contributed by atoms with E-state index in [1.165, 1.54) is 17.5 Å². The Kier molecular flexibility index (Phi) is 8.45. The molecule has 0 spiro atoms. The second-order valence-electron chi connectivity index (χ2n) is 11.4. The van der Waals surface area contributed by atoms with Crippen LogP contribution >= 0.6 is 0 Å². The molecule has 1 saturated heterocycles. The number of hydrogen-bond acceptors (Lipinski definition) is 6. The van der Waals surface area contributed by atoms with Crippen molar-refractivity contribution in [2.24, 2.45) is 0 Å². The number of fused-ring (bicyclic) bond motifs is 1. The molecule has 2 heterocycles. The van der Waals surface area contributed by atoms with E-state index in [0.717, 1.165) is 55.6 Å². The average Bonchev–Trinajstić information content (AvgIpc) is 2.89. The van der Waals surface area contributed by atoms with E-state index in [-0.39, 0.29) is 5.04 Å². The second-order valence-corrected chi connectivity index (χ2v) is 16.3. The Hall–Kier alpha value is -3.03. The molecule has 3 aromatic rings. The van der Waals surface area contributed by atoms with Crippen molar-refractivity contribution in [2.75, 3.05) is 24.6 Å². The molecule has 7 heteroatoms. The molecule has 1 aliphatic rings. The van der Waals surface area contributed by atoms with Gasteiger partial charge in [0.15, 0.2) is 8.32 Å². The maximum atomic E-state index is 7.88. The van der Waals surface area contributed by atoms with Gasteiger partial charge in [-0.25, -0.2) is 4.98 Å². The fraction of sp³-hybridized carbons (Fsp3) is 0.433. The topological polar surface area (TPSA) is 74.1 Å². The van der Waals surface area contributed by atoms with E-state index >= 15 is 0 Å². The quantitative estimate of drug-likeness (QED) is 0.253. The zero-order valence-corrected chi connectivity index (χ0v) is 23.9. The summed E-state index contributed by atoms with van der Waals surface area (Å²) in [5, 5.41) is 11.7. The van der Waals surface area contributed by atoms with Gasteiger partial charge in [0.25, 0.3) is 0 Å². The lowest BCUT2D eigenvalue weighted by atomic mass is 10.0. The highest BCUT2D eigenvalue weighted by atomic mass is 28.4. The molecule has 0 bridgehead atoms. The minimum Gasteiger partial charge on any atom is -0.416 e. The van der Waals surface area contributed by atoms with Gasteiger partial charge in [-0.2, -0.15) is 0 Å². The van der Waals surface area contributed by atoms with Gasteiger partial charge >= 0.3 is 0 Å². The van der Waals surface area contributed by atoms with E-state index < -0.39 is 8.32 Å². The molecule has 0 amide bonds. The predicted molar refractivity (Wildman–Crippen MR) is 158 cm³/mol. The number of aromatic nitrogens is 2. The molecule has 0 saturated carbocycles. The van der Waals surface area contributed by atoms with Crippen molar-refractivity contribution in [3.8, 4) is 0 Å². The van der Waals surface area contributed by atoms with Gasteiger partial charge in [-0.05, 0) is 67.2 Å². The summed E-state index contributed by atoms with van der Waals surface area (Å²) in [6, 6.07) is 17.1. The van der Waals surface area contributed by atoms with Crippen LogP contribution in [0.4, 0.5) is 5.69 Å². The largest absolute Gasteiger partial charge is 0.416 e. The lowest BCUT2D eigenvalue weighted by molar-refractivity contribution is 0.292. The van der Waals surface area contributed by atoms with Crippen molar-refractivity contribution in [3.63, 3.8) is 0 Å². The highest BCUT2D eigenvalue weighted by Crippen LogP contribution is 2.36. The Morgan fingerprint density at radius 1 is 1.11 bits per heavy atom. The van der Waals surface area contributed by atoms with Crippen molar-refractivity contribution in [3.05, 3.63) is 72.2 Å². The fourth-order valence-corrected chi connectivity index (χ4v) is 5.39. The molecule has 4 rings (SSSR count). The summed E-state index contributed by atoms with van der Waals surface area (Å²) in [5.41, 5.74) is 5.80. The summed E-state index contributed by atoms with van der Waals surface area (Å²) < 4.78 is 6.39. The molecular weight excluding hydrogens is 474 g/mol. The van der Waals surface area contributed by atoms with Crippen LogP contribution in [0.5, 0.6) is 0 Å². The van der Waals surface area contributed by atoms with Crippen LogP contribution in [0.2, 0.25) is 18.1 Å². The van der Waals surface area contributed by atoms with Gasteiger partial charge in [0, 0.05) is 49.4 Å². The number of benzene rings is 2. The van der Waals surface area contributed by atoms with E-state index in [4.69, 9.17) is 9.84 Å². The van der Waals surface area contributed by atoms with Crippen LogP contribution in [0.15, 0.2) is 60.9 Å². The second kappa shape index (κ2) is 11.6. The number of piperidine rings is 1. The molecule has 37 heavy (non-hydrogen) atoms. The Balaban J connectivity index is 1.30. The zero-order valence-electron chi connectivity index (χ0n) is 22.9. The average molecular weight is 516 g/mol. The van der Waals surface area contributed by atoms with Crippen LogP contribution in [0, 0.1) is 5.41 Å². The number of allylic oxidation sites excluding steroid dienone is 1. The number of nitrogens with zero attached hydrogens (tertiary/aromatic N) is 3. The maximum absolute atomic E-state index is 7.88. The molecule has 0 atom stereocenters. The molecule has 196 valence electrons. The Morgan fingerprint density at radius 2 is 1.84 bits per heavy atom. The first-order valence-electron chi connectivity index (χ1n) is 13.3. The van der Waals surface area contributed by atoms with Crippen LogP contribution in [-0.4, -0.2) is 50.2 Å². The van der Waals surface area contributed by atoms with Crippen LogP contribution in [-0.2, 0) is 10.8 Å². The molecule has 0 aliphatic carbocycles. The van der Waals surface area contributed by atoms with Crippen LogP contribution in [0.1, 0.15) is 44.9 Å². The van der Waals surface area contributed by atoms with E-state index in [2.05, 4.69) is 78.3 Å². The van der Waals surface area contributed by atoms with Crippen LogP contribution in [0.3, 0.4) is 0 Å². The number of rotatable bonds is 9. The van der Waals surface area contributed by atoms with Gasteiger partial charge in [0.05, 0.1) is 22.9 Å². The summed E-state index contributed by atoms with van der Waals surface area (Å²) in [6.07, 6.45) is 8.06. The Labute approximate surface area is 222 Å². The molecular formula is C30H41N5OSi. The first-order valence-corrected chi connectivity index (χ1v) is 16.2. The van der Waals surface area contributed by atoms with Crippen molar-refractivity contribution in [2.45, 2.75) is 64.2 Å². The van der Waals surface area contributed by atoms with Crippen LogP contribution in [0.25, 0.3) is 16.6 Å². The Morgan fingerprint density at radius 3 is 2.54 bits per heavy atom.